The SMILES string of the molecule is Cc1cc(Cl)c(N)o1. The van der Waals surface area contributed by atoms with Crippen molar-refractivity contribution in [2.24, 2.45) is 0 Å². The molecule has 0 atom stereocenters. The summed E-state index contributed by atoms with van der Waals surface area (Å²) >= 11 is 5.51. The van der Waals surface area contributed by atoms with Crippen molar-refractivity contribution < 1.29 is 4.42 Å². The zero-order valence-electron chi connectivity index (χ0n) is 4.44. The number of hydrogen-bond donors (Lipinski definition) is 1. The maximum atomic E-state index is 5.51. The molecule has 0 aromatic carbocycles. The molecule has 1 heterocycles. The maximum Gasteiger partial charge on any atom is 0.209 e. The van der Waals surface area contributed by atoms with Crippen LogP contribution in [0.4, 0.5) is 5.88 Å². The van der Waals surface area contributed by atoms with E-state index in [1.165, 1.54) is 0 Å². The van der Waals surface area contributed by atoms with Crippen molar-refractivity contribution in [1.29, 1.82) is 0 Å². The fourth-order valence-electron chi connectivity index (χ4n) is 0.501. The summed E-state index contributed by atoms with van der Waals surface area (Å²) in [6.07, 6.45) is 0. The Balaban J connectivity index is 3.14. The quantitative estimate of drug-likeness (QED) is 0.584. The fraction of sp³-hybridized carbons (Fsp3) is 0.200. The lowest BCUT2D eigenvalue weighted by atomic mass is 10.5. The molecule has 44 valence electrons. The molecule has 0 unspecified atom stereocenters. The molecule has 0 bridgehead atoms. The molecular weight excluding hydrogens is 126 g/mol. The first-order valence-electron chi connectivity index (χ1n) is 2.21. The minimum atomic E-state index is 0.296. The number of hydrogen-bond acceptors (Lipinski definition) is 2. The minimum Gasteiger partial charge on any atom is -0.445 e. The minimum absolute atomic E-state index is 0.296. The summed E-state index contributed by atoms with van der Waals surface area (Å²) in [6.45, 7) is 1.79. The van der Waals surface area contributed by atoms with Crippen LogP contribution in [0.25, 0.3) is 0 Å². The molecule has 2 N–H and O–H groups in total. The highest BCUT2D eigenvalue weighted by atomic mass is 35.5. The first-order valence-corrected chi connectivity index (χ1v) is 2.59. The van der Waals surface area contributed by atoms with Gasteiger partial charge in [-0.3, -0.25) is 0 Å². The Morgan fingerprint density at radius 3 is 2.50 bits per heavy atom. The molecule has 1 rings (SSSR count). The summed E-state index contributed by atoms with van der Waals surface area (Å²) in [6, 6.07) is 1.68. The fourth-order valence-corrected chi connectivity index (χ4v) is 0.693. The van der Waals surface area contributed by atoms with Gasteiger partial charge in [-0.2, -0.15) is 0 Å². The molecule has 0 aliphatic carbocycles. The van der Waals surface area contributed by atoms with E-state index in [9.17, 15) is 0 Å². The molecule has 8 heavy (non-hydrogen) atoms. The summed E-state index contributed by atoms with van der Waals surface area (Å²) in [5.41, 5.74) is 5.24. The van der Waals surface area contributed by atoms with Crippen LogP contribution in [0.5, 0.6) is 0 Å². The molecule has 0 spiro atoms. The Kier molecular flexibility index (Phi) is 1.18. The van der Waals surface area contributed by atoms with Gasteiger partial charge >= 0.3 is 0 Å². The van der Waals surface area contributed by atoms with Gasteiger partial charge in [0.05, 0.1) is 0 Å². The lowest BCUT2D eigenvalue weighted by Gasteiger charge is -1.79. The van der Waals surface area contributed by atoms with Crippen molar-refractivity contribution in [3.63, 3.8) is 0 Å². The smallest absolute Gasteiger partial charge is 0.209 e. The number of nitrogen functional groups attached to an aromatic ring is 1. The molecule has 1 aromatic rings. The van der Waals surface area contributed by atoms with E-state index in [0.29, 0.717) is 10.9 Å². The molecule has 3 heteroatoms. The third-order valence-electron chi connectivity index (χ3n) is 0.836. The molecule has 0 fully saturated rings. The van der Waals surface area contributed by atoms with Crippen LogP contribution < -0.4 is 5.73 Å². The molecule has 0 radical (unpaired) electrons. The van der Waals surface area contributed by atoms with E-state index in [4.69, 9.17) is 21.8 Å². The normalized spacial score (nSPS) is 9.75. The number of anilines is 1. The van der Waals surface area contributed by atoms with Crippen molar-refractivity contribution in [2.45, 2.75) is 6.92 Å². The van der Waals surface area contributed by atoms with Crippen LogP contribution in [0.1, 0.15) is 5.76 Å². The summed E-state index contributed by atoms with van der Waals surface area (Å²) in [5, 5.41) is 0.488. The largest absolute Gasteiger partial charge is 0.445 e. The molecular formula is C5H6ClNO. The van der Waals surface area contributed by atoms with Crippen LogP contribution in [0.3, 0.4) is 0 Å². The van der Waals surface area contributed by atoms with Gasteiger partial charge in [0.1, 0.15) is 10.8 Å². The second kappa shape index (κ2) is 1.71. The molecule has 0 saturated heterocycles. The van der Waals surface area contributed by atoms with Crippen LogP contribution in [0.15, 0.2) is 10.5 Å². The number of aryl methyl sites for hydroxylation is 1. The predicted molar refractivity (Wildman–Crippen MR) is 32.9 cm³/mol. The zero-order chi connectivity index (χ0) is 6.15. The molecule has 1 aromatic heterocycles. The highest BCUT2D eigenvalue weighted by Crippen LogP contribution is 2.21. The number of halogens is 1. The van der Waals surface area contributed by atoms with Gasteiger partial charge in [0.15, 0.2) is 0 Å². The highest BCUT2D eigenvalue weighted by molar-refractivity contribution is 6.32. The van der Waals surface area contributed by atoms with E-state index < -0.39 is 0 Å². The third kappa shape index (κ3) is 0.793. The highest BCUT2D eigenvalue weighted by Gasteiger charge is 1.98. The van der Waals surface area contributed by atoms with Gasteiger partial charge in [0.2, 0.25) is 5.88 Å². The third-order valence-corrected chi connectivity index (χ3v) is 1.13. The Labute approximate surface area is 52.2 Å². The summed E-state index contributed by atoms with van der Waals surface area (Å²) in [4.78, 5) is 0. The van der Waals surface area contributed by atoms with Gasteiger partial charge in [-0.1, -0.05) is 11.6 Å². The van der Waals surface area contributed by atoms with Gasteiger partial charge in [0.25, 0.3) is 0 Å². The van der Waals surface area contributed by atoms with E-state index in [1.807, 2.05) is 0 Å². The lowest BCUT2D eigenvalue weighted by Crippen LogP contribution is -1.77. The number of rotatable bonds is 0. The van der Waals surface area contributed by atoms with Crippen molar-refractivity contribution >= 4 is 17.5 Å². The van der Waals surface area contributed by atoms with Crippen LogP contribution in [0.2, 0.25) is 5.02 Å². The van der Waals surface area contributed by atoms with Crippen molar-refractivity contribution in [3.8, 4) is 0 Å². The molecule has 0 saturated carbocycles. The van der Waals surface area contributed by atoms with E-state index in [0.717, 1.165) is 5.76 Å². The van der Waals surface area contributed by atoms with E-state index in [-0.39, 0.29) is 0 Å². The number of nitrogens with two attached hydrogens (primary N) is 1. The maximum absolute atomic E-state index is 5.51. The number of furan rings is 1. The van der Waals surface area contributed by atoms with Gasteiger partial charge in [0, 0.05) is 6.07 Å². The van der Waals surface area contributed by atoms with Crippen molar-refractivity contribution in [3.05, 3.63) is 16.8 Å². The van der Waals surface area contributed by atoms with Crippen LogP contribution in [-0.2, 0) is 0 Å². The summed E-state index contributed by atoms with van der Waals surface area (Å²) < 4.78 is 4.86. The second-order valence-electron chi connectivity index (χ2n) is 1.57. The summed E-state index contributed by atoms with van der Waals surface area (Å²) in [7, 11) is 0. The second-order valence-corrected chi connectivity index (χ2v) is 1.98. The predicted octanol–water partition coefficient (Wildman–Crippen LogP) is 1.82. The van der Waals surface area contributed by atoms with Gasteiger partial charge < -0.3 is 10.2 Å². The van der Waals surface area contributed by atoms with Gasteiger partial charge in [-0.15, -0.1) is 0 Å². The van der Waals surface area contributed by atoms with E-state index in [1.54, 1.807) is 13.0 Å². The molecule has 0 amide bonds. The average molecular weight is 132 g/mol. The molecule has 2 nitrogen and oxygen atoms in total. The van der Waals surface area contributed by atoms with Gasteiger partial charge in [-0.25, -0.2) is 0 Å². The molecule has 0 aliphatic heterocycles. The van der Waals surface area contributed by atoms with E-state index >= 15 is 0 Å². The first kappa shape index (κ1) is 5.51. The van der Waals surface area contributed by atoms with Crippen molar-refractivity contribution in [1.82, 2.24) is 0 Å². The van der Waals surface area contributed by atoms with Crippen molar-refractivity contribution in [2.75, 3.05) is 5.73 Å². The topological polar surface area (TPSA) is 39.2 Å². The van der Waals surface area contributed by atoms with E-state index in [2.05, 4.69) is 0 Å². The average Bonchev–Trinajstić information content (AvgIpc) is 1.85. The Morgan fingerprint density at radius 2 is 2.38 bits per heavy atom. The lowest BCUT2D eigenvalue weighted by molar-refractivity contribution is 0.553. The van der Waals surface area contributed by atoms with Crippen LogP contribution >= 0.6 is 11.6 Å². The van der Waals surface area contributed by atoms with Crippen LogP contribution in [0, 0.1) is 6.92 Å². The Morgan fingerprint density at radius 1 is 1.75 bits per heavy atom. The zero-order valence-corrected chi connectivity index (χ0v) is 5.20. The Bertz CT molecular complexity index is 175. The summed E-state index contributed by atoms with van der Waals surface area (Å²) in [5.74, 6) is 1.04. The molecule has 0 aliphatic rings. The monoisotopic (exact) mass is 131 g/mol. The first-order chi connectivity index (χ1) is 3.70. The Hall–Kier alpha value is -0.630. The van der Waals surface area contributed by atoms with Crippen LogP contribution in [-0.4, -0.2) is 0 Å². The standard InChI is InChI=1S/C5H6ClNO/c1-3-2-4(6)5(7)8-3/h2H,7H2,1H3. The van der Waals surface area contributed by atoms with Gasteiger partial charge in [-0.05, 0) is 6.92 Å².